The van der Waals surface area contributed by atoms with Gasteiger partial charge >= 0.3 is 27.3 Å². The summed E-state index contributed by atoms with van der Waals surface area (Å²) in [5, 5.41) is 0. The van der Waals surface area contributed by atoms with E-state index in [0.717, 1.165) is 7.17 Å². The predicted molar refractivity (Wildman–Crippen MR) is 25.9 cm³/mol. The Labute approximate surface area is 28.3 Å². The van der Waals surface area contributed by atoms with Gasteiger partial charge in [-0.2, -0.15) is 0 Å². The van der Waals surface area contributed by atoms with Gasteiger partial charge in [-0.05, 0) is 0 Å². The summed E-state index contributed by atoms with van der Waals surface area (Å²) < 4.78 is 0. The quantitative estimate of drug-likeness (QED) is 0.353. The molecule has 0 saturated carbocycles. The van der Waals surface area contributed by atoms with E-state index in [2.05, 4.69) is 13.3 Å². The van der Waals surface area contributed by atoms with Crippen LogP contribution in [0.2, 0.25) is 6.82 Å². The van der Waals surface area contributed by atoms with Crippen LogP contribution >= 0.6 is 0 Å². The van der Waals surface area contributed by atoms with Crippen LogP contribution in [0.5, 0.6) is 0 Å². The zero-order chi connectivity index (χ0) is 3.41. The Bertz CT molecular complexity index is 18.0. The van der Waals surface area contributed by atoms with Crippen molar-refractivity contribution in [3.8, 4) is 0 Å². The Hall–Kier alpha value is -0.000130. The van der Waals surface area contributed by atoms with Crippen LogP contribution in [0.1, 0.15) is 0 Å². The summed E-state index contributed by atoms with van der Waals surface area (Å²) >= 11 is 0. The molecule has 20 valence electrons. The first kappa shape index (κ1) is 4.00. The molecule has 0 N–H and O–H groups in total. The third-order valence-corrected chi connectivity index (χ3v) is 0.289. The molecule has 4 heavy (non-hydrogen) atoms. The van der Waals surface area contributed by atoms with E-state index in [4.69, 9.17) is 0 Å². The molecule has 0 aromatic rings. The molecule has 0 nitrogen and oxygen atoms in total. The molecule has 0 unspecified atom stereocenters. The number of hydrogen-bond donors (Lipinski definition) is 0. The monoisotopic (exact) mass is 52.1 g/mol. The van der Waals surface area contributed by atoms with Crippen LogP contribution in [-0.4, -0.2) is 20.5 Å². The molecule has 0 amide bonds. The summed E-state index contributed by atoms with van der Waals surface area (Å²) in [6, 6.07) is 0. The summed E-state index contributed by atoms with van der Waals surface area (Å²) in [7, 11) is 1.08. The molecule has 0 fully saturated rings. The molecule has 0 radical (unpaired) electrons. The zero-order valence-corrected chi connectivity index (χ0v) is 2.99. The fraction of sp³-hybridized carbons (Fsp3) is 0.500. The van der Waals surface area contributed by atoms with Crippen LogP contribution in [0.3, 0.4) is 0 Å². The molecule has 0 heterocycles. The topological polar surface area (TPSA) is 0 Å². The van der Waals surface area contributed by atoms with E-state index in [1.54, 1.807) is 0 Å². The van der Waals surface area contributed by atoms with Gasteiger partial charge in [0.1, 0.15) is 0 Å². The van der Waals surface area contributed by atoms with Crippen molar-refractivity contribution in [1.29, 1.82) is 0 Å². The average molecular weight is 51.7 g/mol. The standard InChI is InChI=1S/C2H6B2/c1-3-4-2/h4H,1H2,2H3. The van der Waals surface area contributed by atoms with Crippen molar-refractivity contribution in [2.75, 3.05) is 0 Å². The van der Waals surface area contributed by atoms with E-state index in [9.17, 15) is 0 Å². The van der Waals surface area contributed by atoms with E-state index >= 15 is 0 Å². The van der Waals surface area contributed by atoms with Crippen molar-refractivity contribution < 1.29 is 0 Å². The Morgan fingerprint density at radius 2 is 2.25 bits per heavy atom. The molecule has 0 aliphatic rings. The molecule has 0 atom stereocenters. The fourth-order valence-electron chi connectivity index (χ4n) is 0. The minimum absolute atomic E-state index is 1.08. The molecule has 0 aliphatic carbocycles. The van der Waals surface area contributed by atoms with Crippen molar-refractivity contribution in [3.05, 3.63) is 0 Å². The van der Waals surface area contributed by atoms with Crippen LogP contribution in [0, 0.1) is 0 Å². The van der Waals surface area contributed by atoms with Crippen LogP contribution < -0.4 is 0 Å². The first-order valence-electron chi connectivity index (χ1n) is 1.52. The second-order valence-corrected chi connectivity index (χ2v) is 0.697. The first-order valence-corrected chi connectivity index (χ1v) is 1.52. The molecule has 0 spiro atoms. The Morgan fingerprint density at radius 3 is 2.25 bits per heavy atom. The Balaban J connectivity index is 2.30. The van der Waals surface area contributed by atoms with Gasteiger partial charge in [0.15, 0.2) is 0 Å². The van der Waals surface area contributed by atoms with E-state index in [1.165, 1.54) is 0 Å². The van der Waals surface area contributed by atoms with Gasteiger partial charge in [0, 0.05) is 0 Å². The second kappa shape index (κ2) is 3.00. The van der Waals surface area contributed by atoms with Gasteiger partial charge in [-0.1, -0.05) is 0 Å². The van der Waals surface area contributed by atoms with Crippen LogP contribution in [0.15, 0.2) is 0 Å². The molecule has 0 aromatic heterocycles. The van der Waals surface area contributed by atoms with Crippen molar-refractivity contribution >= 4 is 20.5 Å². The fourth-order valence-corrected chi connectivity index (χ4v) is 0. The molecule has 0 aromatic carbocycles. The summed E-state index contributed by atoms with van der Waals surface area (Å²) in [6.07, 6.45) is 0. The number of rotatable bonds is 1. The summed E-state index contributed by atoms with van der Waals surface area (Å²) in [6.45, 7) is 7.42. The SMILES string of the molecule is C=BBC. The third-order valence-electron chi connectivity index (χ3n) is 0.289. The predicted octanol–water partition coefficient (Wildman–Crippen LogP) is -0.478. The molecular formula is C2H6B2. The van der Waals surface area contributed by atoms with Gasteiger partial charge in [-0.15, -0.1) is 0 Å². The average Bonchev–Trinajstić information content (AvgIpc) is 1.37. The van der Waals surface area contributed by atoms with Gasteiger partial charge in [-0.25, -0.2) is 0 Å². The van der Waals surface area contributed by atoms with Gasteiger partial charge in [0.25, 0.3) is 0 Å². The van der Waals surface area contributed by atoms with Crippen molar-refractivity contribution in [2.45, 2.75) is 6.82 Å². The summed E-state index contributed by atoms with van der Waals surface area (Å²) in [4.78, 5) is 0. The molecule has 0 rings (SSSR count). The van der Waals surface area contributed by atoms with Gasteiger partial charge in [-0.3, -0.25) is 0 Å². The first-order chi connectivity index (χ1) is 1.91. The zero-order valence-electron chi connectivity index (χ0n) is 2.99. The van der Waals surface area contributed by atoms with Crippen LogP contribution in [-0.2, 0) is 0 Å². The van der Waals surface area contributed by atoms with E-state index in [1.807, 2.05) is 6.81 Å². The summed E-state index contributed by atoms with van der Waals surface area (Å²) in [5.41, 5.74) is 0. The van der Waals surface area contributed by atoms with Gasteiger partial charge in [0.2, 0.25) is 0 Å². The Morgan fingerprint density at radius 1 is 2.00 bits per heavy atom. The number of hydrogen-bond acceptors (Lipinski definition) is 0. The Kier molecular flexibility index (Phi) is 3.00. The van der Waals surface area contributed by atoms with Gasteiger partial charge in [0.05, 0.1) is 0 Å². The minimum atomic E-state index is 1.08. The van der Waals surface area contributed by atoms with E-state index in [0.29, 0.717) is 0 Å². The van der Waals surface area contributed by atoms with Gasteiger partial charge < -0.3 is 0 Å². The molecule has 2 heteroatoms. The van der Waals surface area contributed by atoms with E-state index in [-0.39, 0.29) is 0 Å². The normalized spacial score (nSPS) is 4.25. The van der Waals surface area contributed by atoms with Crippen molar-refractivity contribution in [2.24, 2.45) is 0 Å². The maximum atomic E-state index is 3.48. The second-order valence-electron chi connectivity index (χ2n) is 0.697. The van der Waals surface area contributed by atoms with E-state index < -0.39 is 0 Å². The van der Waals surface area contributed by atoms with Crippen LogP contribution in [0.25, 0.3) is 0 Å². The molecule has 0 aliphatic heterocycles. The molecule has 0 saturated heterocycles. The van der Waals surface area contributed by atoms with Crippen LogP contribution in [0.4, 0.5) is 0 Å². The van der Waals surface area contributed by atoms with Crippen molar-refractivity contribution in [3.63, 3.8) is 0 Å². The van der Waals surface area contributed by atoms with Crippen molar-refractivity contribution in [1.82, 2.24) is 0 Å². The third kappa shape index (κ3) is 2.00. The maximum absolute atomic E-state index is 3.48. The summed E-state index contributed by atoms with van der Waals surface area (Å²) in [5.74, 6) is 0. The molecule has 0 bridgehead atoms. The molecular weight excluding hydrogens is 45.6 g/mol.